The number of nitrogens with one attached hydrogen (secondary N) is 1. The number of hydrogen-bond donors (Lipinski definition) is 2. The molecule has 1 fully saturated rings. The molecule has 0 aromatic heterocycles. The number of rotatable bonds is 4. The van der Waals surface area contributed by atoms with Crippen LogP contribution in [0.15, 0.2) is 11.6 Å². The van der Waals surface area contributed by atoms with Crippen LogP contribution in [-0.2, 0) is 29.0 Å². The fraction of sp³-hybridized carbons (Fsp3) is 0.583. The van der Waals surface area contributed by atoms with Crippen molar-refractivity contribution in [3.8, 4) is 0 Å². The summed E-state index contributed by atoms with van der Waals surface area (Å²) in [5.74, 6) is -1.64. The predicted octanol–water partition coefficient (Wildman–Crippen LogP) is -1.66. The van der Waals surface area contributed by atoms with E-state index in [1.807, 2.05) is 0 Å². The van der Waals surface area contributed by atoms with E-state index in [9.17, 15) is 27.9 Å². The average molecular weight is 319 g/mol. The number of ketones is 1. The van der Waals surface area contributed by atoms with E-state index in [0.717, 1.165) is 7.11 Å². The summed E-state index contributed by atoms with van der Waals surface area (Å²) in [4.78, 5) is 31.9. The standard InChI is InChI=1S/C10H14O6S.C2H3NO/c1-6(10(13)16-2)17(14,15)5-7-3-8(11)4-9(7)12;4-2-1-3-2/h3,6,8,11H,4-5H2,1-2H3;1H2,(H,3,4)/t6?,8-;/m0./s1. The van der Waals surface area contributed by atoms with Crippen molar-refractivity contribution in [2.45, 2.75) is 24.7 Å². The minimum absolute atomic E-state index is 0.0354. The number of amides is 1. The summed E-state index contributed by atoms with van der Waals surface area (Å²) in [5.41, 5.74) is 0.0354. The number of esters is 1. The van der Waals surface area contributed by atoms with Crippen molar-refractivity contribution in [1.29, 1.82) is 0 Å². The first-order valence-electron chi connectivity index (χ1n) is 6.15. The minimum atomic E-state index is -3.79. The Morgan fingerprint density at radius 3 is 2.38 bits per heavy atom. The number of carbonyl (C=O) groups excluding carboxylic acids is 3. The molecule has 1 heterocycles. The van der Waals surface area contributed by atoms with Gasteiger partial charge in [-0.25, -0.2) is 8.42 Å². The lowest BCUT2D eigenvalue weighted by atomic mass is 10.2. The largest absolute Gasteiger partial charge is 0.468 e. The van der Waals surface area contributed by atoms with E-state index >= 15 is 0 Å². The van der Waals surface area contributed by atoms with Crippen molar-refractivity contribution in [1.82, 2.24) is 5.32 Å². The van der Waals surface area contributed by atoms with Crippen LogP contribution in [-0.4, -0.2) is 61.9 Å². The lowest BCUT2D eigenvalue weighted by Gasteiger charge is -2.10. The Labute approximate surface area is 122 Å². The first-order chi connectivity index (χ1) is 9.67. The highest BCUT2D eigenvalue weighted by Crippen LogP contribution is 2.18. The molecule has 2 rings (SSSR count). The molecule has 8 nitrogen and oxygen atoms in total. The van der Waals surface area contributed by atoms with Gasteiger partial charge in [0, 0.05) is 12.0 Å². The highest BCUT2D eigenvalue weighted by Gasteiger charge is 2.33. The maximum Gasteiger partial charge on any atom is 0.323 e. The highest BCUT2D eigenvalue weighted by atomic mass is 32.2. The smallest absolute Gasteiger partial charge is 0.323 e. The third kappa shape index (κ3) is 5.27. The van der Waals surface area contributed by atoms with Crippen LogP contribution in [0.4, 0.5) is 0 Å². The molecule has 0 aromatic carbocycles. The number of aliphatic hydroxyl groups excluding tert-OH is 1. The summed E-state index contributed by atoms with van der Waals surface area (Å²) >= 11 is 0. The Balaban J connectivity index is 0.000000471. The van der Waals surface area contributed by atoms with Gasteiger partial charge in [-0.2, -0.15) is 0 Å². The SMILES string of the molecule is COC(=O)C(C)S(=O)(=O)CC1=C[C@H](O)CC1=O.O=C1CN1. The van der Waals surface area contributed by atoms with Gasteiger partial charge >= 0.3 is 5.97 Å². The molecule has 0 spiro atoms. The molecule has 1 saturated heterocycles. The maximum absolute atomic E-state index is 11.8. The Morgan fingerprint density at radius 2 is 2.05 bits per heavy atom. The molecule has 118 valence electrons. The van der Waals surface area contributed by atoms with E-state index in [1.54, 1.807) is 0 Å². The van der Waals surface area contributed by atoms with Crippen molar-refractivity contribution < 1.29 is 32.6 Å². The van der Waals surface area contributed by atoms with Crippen LogP contribution in [0.1, 0.15) is 13.3 Å². The van der Waals surface area contributed by atoms with Crippen molar-refractivity contribution in [3.05, 3.63) is 11.6 Å². The summed E-state index contributed by atoms with van der Waals surface area (Å²) in [6, 6.07) is 0. The molecular weight excluding hydrogens is 302 g/mol. The molecule has 9 heteroatoms. The molecule has 1 aliphatic carbocycles. The molecule has 2 N–H and O–H groups in total. The summed E-state index contributed by atoms with van der Waals surface area (Å²) in [5, 5.41) is 10.3. The fourth-order valence-corrected chi connectivity index (χ4v) is 2.85. The number of aliphatic hydroxyl groups is 1. The predicted molar refractivity (Wildman–Crippen MR) is 72.0 cm³/mol. The van der Waals surface area contributed by atoms with Crippen molar-refractivity contribution in [3.63, 3.8) is 0 Å². The van der Waals surface area contributed by atoms with E-state index in [-0.39, 0.29) is 17.9 Å². The molecule has 0 bridgehead atoms. The molecule has 1 amide bonds. The van der Waals surface area contributed by atoms with E-state index < -0.39 is 38.7 Å². The normalized spacial score (nSPS) is 21.7. The molecule has 1 aliphatic heterocycles. The third-order valence-corrected chi connectivity index (χ3v) is 4.88. The van der Waals surface area contributed by atoms with Gasteiger partial charge in [0.25, 0.3) is 0 Å². The second kappa shape index (κ2) is 6.81. The van der Waals surface area contributed by atoms with Crippen molar-refractivity contribution >= 4 is 27.5 Å². The number of carbonyl (C=O) groups is 3. The van der Waals surface area contributed by atoms with E-state index in [4.69, 9.17) is 0 Å². The molecule has 21 heavy (non-hydrogen) atoms. The van der Waals surface area contributed by atoms with Crippen LogP contribution in [0.5, 0.6) is 0 Å². The summed E-state index contributed by atoms with van der Waals surface area (Å²) in [6.45, 7) is 1.80. The quantitative estimate of drug-likeness (QED) is 0.467. The van der Waals surface area contributed by atoms with Gasteiger partial charge in [-0.3, -0.25) is 14.4 Å². The van der Waals surface area contributed by atoms with Crippen LogP contribution in [0.3, 0.4) is 0 Å². The van der Waals surface area contributed by atoms with Crippen LogP contribution in [0.25, 0.3) is 0 Å². The van der Waals surface area contributed by atoms with E-state index in [1.165, 1.54) is 13.0 Å². The highest BCUT2D eigenvalue weighted by molar-refractivity contribution is 7.92. The maximum atomic E-state index is 11.8. The third-order valence-electron chi connectivity index (χ3n) is 2.90. The summed E-state index contributed by atoms with van der Waals surface area (Å²) in [7, 11) is -2.69. The van der Waals surface area contributed by atoms with Gasteiger partial charge in [-0.1, -0.05) is 0 Å². The monoisotopic (exact) mass is 319 g/mol. The Kier molecular flexibility index (Phi) is 5.62. The van der Waals surface area contributed by atoms with E-state index in [2.05, 4.69) is 10.1 Å². The molecule has 0 saturated carbocycles. The first kappa shape index (κ1) is 17.3. The number of Topliss-reactive ketones (excluding diaryl/α,β-unsaturated/α-hetero) is 1. The minimum Gasteiger partial charge on any atom is -0.468 e. The van der Waals surface area contributed by atoms with Gasteiger partial charge < -0.3 is 15.2 Å². The van der Waals surface area contributed by atoms with Gasteiger partial charge in [0.2, 0.25) is 5.91 Å². The number of methoxy groups -OCH3 is 1. The van der Waals surface area contributed by atoms with Crippen LogP contribution >= 0.6 is 0 Å². The van der Waals surface area contributed by atoms with Crippen molar-refractivity contribution in [2.24, 2.45) is 0 Å². The van der Waals surface area contributed by atoms with Crippen LogP contribution in [0.2, 0.25) is 0 Å². The summed E-state index contributed by atoms with van der Waals surface area (Å²) in [6.07, 6.45) is 0.183. The Bertz CT molecular complexity index is 572. The second-order valence-electron chi connectivity index (χ2n) is 4.64. The number of hydrogen-bond acceptors (Lipinski definition) is 7. The zero-order chi connectivity index (χ0) is 16.2. The molecular formula is C12H17NO7S. The van der Waals surface area contributed by atoms with Gasteiger partial charge in [0.15, 0.2) is 20.9 Å². The Hall–Kier alpha value is -1.74. The first-order valence-corrected chi connectivity index (χ1v) is 7.87. The zero-order valence-electron chi connectivity index (χ0n) is 11.7. The Morgan fingerprint density at radius 1 is 1.52 bits per heavy atom. The molecule has 2 atom stereocenters. The van der Waals surface area contributed by atoms with Gasteiger partial charge in [-0.15, -0.1) is 0 Å². The topological polar surface area (TPSA) is 137 Å². The van der Waals surface area contributed by atoms with E-state index in [0.29, 0.717) is 6.54 Å². The second-order valence-corrected chi connectivity index (χ2v) is 6.96. The number of ether oxygens (including phenoxy) is 1. The van der Waals surface area contributed by atoms with Gasteiger partial charge in [0.05, 0.1) is 25.5 Å². The van der Waals surface area contributed by atoms with Gasteiger partial charge in [0.1, 0.15) is 0 Å². The molecule has 2 aliphatic rings. The lowest BCUT2D eigenvalue weighted by molar-refractivity contribution is -0.139. The van der Waals surface area contributed by atoms with Crippen LogP contribution < -0.4 is 5.32 Å². The fourth-order valence-electron chi connectivity index (χ4n) is 1.52. The number of sulfone groups is 1. The lowest BCUT2D eigenvalue weighted by Crippen LogP contribution is -2.31. The molecule has 0 radical (unpaired) electrons. The van der Waals surface area contributed by atoms with Crippen LogP contribution in [0, 0.1) is 0 Å². The molecule has 0 aromatic rings. The average Bonchev–Trinajstić information content (AvgIpc) is 3.12. The zero-order valence-corrected chi connectivity index (χ0v) is 12.5. The van der Waals surface area contributed by atoms with Gasteiger partial charge in [-0.05, 0) is 13.0 Å². The van der Waals surface area contributed by atoms with Crippen molar-refractivity contribution in [2.75, 3.05) is 19.4 Å². The summed E-state index contributed by atoms with van der Waals surface area (Å²) < 4.78 is 27.9. The molecule has 1 unspecified atom stereocenters.